The first kappa shape index (κ1) is 14.4. The molecule has 4 nitrogen and oxygen atoms in total. The highest BCUT2D eigenvalue weighted by Gasteiger charge is 2.26. The van der Waals surface area contributed by atoms with Crippen molar-refractivity contribution in [3.8, 4) is 5.75 Å². The summed E-state index contributed by atoms with van der Waals surface area (Å²) in [6.45, 7) is 3.52. The Balaban J connectivity index is 2.43. The first-order valence-corrected chi connectivity index (χ1v) is 5.74. The molecule has 100 valence electrons. The zero-order valence-corrected chi connectivity index (χ0v) is 10.6. The molecule has 1 rings (SSSR count). The van der Waals surface area contributed by atoms with Crippen molar-refractivity contribution < 1.29 is 19.0 Å². The summed E-state index contributed by atoms with van der Waals surface area (Å²) in [5.41, 5.74) is 5.20. The van der Waals surface area contributed by atoms with Crippen molar-refractivity contribution in [3.63, 3.8) is 0 Å². The van der Waals surface area contributed by atoms with Crippen LogP contribution in [-0.2, 0) is 4.79 Å². The fourth-order valence-corrected chi connectivity index (χ4v) is 1.45. The van der Waals surface area contributed by atoms with Gasteiger partial charge >= 0.3 is 5.97 Å². The molecule has 1 unspecified atom stereocenters. The first-order chi connectivity index (χ1) is 8.33. The minimum atomic E-state index is -1.27. The second-order valence-corrected chi connectivity index (χ2v) is 4.61. The van der Waals surface area contributed by atoms with Gasteiger partial charge in [-0.05, 0) is 44.4 Å². The molecule has 0 aliphatic heterocycles. The minimum Gasteiger partial charge on any atom is -0.491 e. The monoisotopic (exact) mass is 255 g/mol. The third-order valence-corrected chi connectivity index (χ3v) is 2.67. The molecule has 0 saturated carbocycles. The highest BCUT2D eigenvalue weighted by molar-refractivity contribution is 5.77. The number of benzene rings is 1. The van der Waals surface area contributed by atoms with Gasteiger partial charge < -0.3 is 15.6 Å². The summed E-state index contributed by atoms with van der Waals surface area (Å²) in [5.74, 6) is -1.29. The number of carbonyl (C=O) groups is 1. The van der Waals surface area contributed by atoms with Crippen LogP contribution < -0.4 is 10.5 Å². The molecule has 0 fully saturated rings. The van der Waals surface area contributed by atoms with Crippen molar-refractivity contribution in [2.24, 2.45) is 5.73 Å². The standard InChI is InChI=1S/C13H18FNO3/c1-9-4-5-10(14)11(8-9)18-7-3-6-13(2,15)12(16)17/h4-5,8H,3,6-7,15H2,1-2H3,(H,16,17). The van der Waals surface area contributed by atoms with E-state index in [4.69, 9.17) is 15.6 Å². The van der Waals surface area contributed by atoms with Gasteiger partial charge in [-0.1, -0.05) is 6.07 Å². The van der Waals surface area contributed by atoms with Gasteiger partial charge in [0.2, 0.25) is 0 Å². The van der Waals surface area contributed by atoms with E-state index in [1.54, 1.807) is 12.1 Å². The molecular formula is C13H18FNO3. The normalized spacial score (nSPS) is 14.0. The number of ether oxygens (including phenoxy) is 1. The maximum absolute atomic E-state index is 13.3. The van der Waals surface area contributed by atoms with Gasteiger partial charge in [0.1, 0.15) is 5.54 Å². The van der Waals surface area contributed by atoms with E-state index in [1.165, 1.54) is 13.0 Å². The summed E-state index contributed by atoms with van der Waals surface area (Å²) in [4.78, 5) is 10.8. The van der Waals surface area contributed by atoms with Gasteiger partial charge in [0, 0.05) is 0 Å². The van der Waals surface area contributed by atoms with Crippen molar-refractivity contribution in [3.05, 3.63) is 29.6 Å². The lowest BCUT2D eigenvalue weighted by Crippen LogP contribution is -2.44. The van der Waals surface area contributed by atoms with Gasteiger partial charge in [-0.25, -0.2) is 4.39 Å². The first-order valence-electron chi connectivity index (χ1n) is 5.74. The summed E-state index contributed by atoms with van der Waals surface area (Å²) in [7, 11) is 0. The van der Waals surface area contributed by atoms with Crippen LogP contribution in [0.5, 0.6) is 5.75 Å². The van der Waals surface area contributed by atoms with Gasteiger partial charge in [-0.2, -0.15) is 0 Å². The smallest absolute Gasteiger partial charge is 0.323 e. The molecule has 3 N–H and O–H groups in total. The van der Waals surface area contributed by atoms with Crippen LogP contribution >= 0.6 is 0 Å². The zero-order chi connectivity index (χ0) is 13.8. The molecule has 0 saturated heterocycles. The topological polar surface area (TPSA) is 72.5 Å². The van der Waals surface area contributed by atoms with Gasteiger partial charge in [0.05, 0.1) is 6.61 Å². The average molecular weight is 255 g/mol. The van der Waals surface area contributed by atoms with Gasteiger partial charge in [-0.15, -0.1) is 0 Å². The Labute approximate surface area is 106 Å². The van der Waals surface area contributed by atoms with Crippen LogP contribution in [0, 0.1) is 12.7 Å². The summed E-state index contributed by atoms with van der Waals surface area (Å²) >= 11 is 0. The fourth-order valence-electron chi connectivity index (χ4n) is 1.45. The Hall–Kier alpha value is -1.62. The summed E-state index contributed by atoms with van der Waals surface area (Å²) < 4.78 is 18.6. The van der Waals surface area contributed by atoms with Crippen LogP contribution in [0.1, 0.15) is 25.3 Å². The van der Waals surface area contributed by atoms with Gasteiger partial charge in [0.25, 0.3) is 0 Å². The molecule has 0 bridgehead atoms. The SMILES string of the molecule is Cc1ccc(F)c(OCCCC(C)(N)C(=O)O)c1. The molecule has 1 aromatic rings. The fraction of sp³-hybridized carbons (Fsp3) is 0.462. The second-order valence-electron chi connectivity index (χ2n) is 4.61. The maximum Gasteiger partial charge on any atom is 0.323 e. The van der Waals surface area contributed by atoms with Crippen LogP contribution in [0.25, 0.3) is 0 Å². The van der Waals surface area contributed by atoms with E-state index in [9.17, 15) is 9.18 Å². The number of rotatable bonds is 6. The van der Waals surface area contributed by atoms with E-state index in [1.807, 2.05) is 6.92 Å². The number of aryl methyl sites for hydroxylation is 1. The highest BCUT2D eigenvalue weighted by atomic mass is 19.1. The predicted molar refractivity (Wildman–Crippen MR) is 66.1 cm³/mol. The third-order valence-electron chi connectivity index (χ3n) is 2.67. The molecule has 0 amide bonds. The number of aliphatic carboxylic acids is 1. The number of carboxylic acid groups (broad SMARTS) is 1. The Kier molecular flexibility index (Phi) is 4.67. The molecule has 0 aromatic heterocycles. The van der Waals surface area contributed by atoms with E-state index in [0.29, 0.717) is 6.42 Å². The zero-order valence-electron chi connectivity index (χ0n) is 10.6. The molecule has 0 aliphatic rings. The molecular weight excluding hydrogens is 237 g/mol. The van der Waals surface area contributed by atoms with E-state index in [0.717, 1.165) is 5.56 Å². The Morgan fingerprint density at radius 3 is 2.83 bits per heavy atom. The molecule has 5 heteroatoms. The minimum absolute atomic E-state index is 0.184. The number of carboxylic acids is 1. The van der Waals surface area contributed by atoms with Gasteiger partial charge in [-0.3, -0.25) is 4.79 Å². The molecule has 0 heterocycles. The Morgan fingerprint density at radius 2 is 2.22 bits per heavy atom. The lowest BCUT2D eigenvalue weighted by molar-refractivity contribution is -0.143. The van der Waals surface area contributed by atoms with Crippen LogP contribution in [0.2, 0.25) is 0 Å². The van der Waals surface area contributed by atoms with Crippen molar-refractivity contribution in [2.45, 2.75) is 32.2 Å². The summed E-state index contributed by atoms with van der Waals surface area (Å²) in [6.07, 6.45) is 0.725. The molecule has 0 spiro atoms. The molecule has 0 aliphatic carbocycles. The molecule has 1 aromatic carbocycles. The summed E-state index contributed by atoms with van der Waals surface area (Å²) in [6, 6.07) is 4.60. The molecule has 1 atom stereocenters. The predicted octanol–water partition coefficient (Wildman–Crippen LogP) is 2.10. The van der Waals surface area contributed by atoms with Crippen molar-refractivity contribution in [1.82, 2.24) is 0 Å². The van der Waals surface area contributed by atoms with Crippen LogP contribution in [0.4, 0.5) is 4.39 Å². The average Bonchev–Trinajstić information content (AvgIpc) is 2.28. The van der Waals surface area contributed by atoms with Gasteiger partial charge in [0.15, 0.2) is 11.6 Å². The number of hydrogen-bond acceptors (Lipinski definition) is 3. The lowest BCUT2D eigenvalue weighted by atomic mass is 9.98. The van der Waals surface area contributed by atoms with Crippen LogP contribution in [-0.4, -0.2) is 23.2 Å². The van der Waals surface area contributed by atoms with Crippen molar-refractivity contribution in [1.29, 1.82) is 0 Å². The second kappa shape index (κ2) is 5.82. The van der Waals surface area contributed by atoms with Crippen molar-refractivity contribution in [2.75, 3.05) is 6.61 Å². The number of nitrogens with two attached hydrogens (primary N) is 1. The number of hydrogen-bond donors (Lipinski definition) is 2. The summed E-state index contributed by atoms with van der Waals surface area (Å²) in [5, 5.41) is 8.81. The van der Waals surface area contributed by atoms with E-state index >= 15 is 0 Å². The number of halogens is 1. The third kappa shape index (κ3) is 4.00. The van der Waals surface area contributed by atoms with Crippen LogP contribution in [0.3, 0.4) is 0 Å². The largest absolute Gasteiger partial charge is 0.491 e. The van der Waals surface area contributed by atoms with E-state index < -0.39 is 17.3 Å². The van der Waals surface area contributed by atoms with E-state index in [2.05, 4.69) is 0 Å². The molecule has 18 heavy (non-hydrogen) atoms. The quantitative estimate of drug-likeness (QED) is 0.763. The Bertz CT molecular complexity index is 432. The van der Waals surface area contributed by atoms with Crippen molar-refractivity contribution >= 4 is 5.97 Å². The van der Waals surface area contributed by atoms with E-state index in [-0.39, 0.29) is 18.8 Å². The Morgan fingerprint density at radius 1 is 1.56 bits per heavy atom. The maximum atomic E-state index is 13.3. The van der Waals surface area contributed by atoms with Crippen LogP contribution in [0.15, 0.2) is 18.2 Å². The molecule has 0 radical (unpaired) electrons. The lowest BCUT2D eigenvalue weighted by Gasteiger charge is -2.18. The highest BCUT2D eigenvalue weighted by Crippen LogP contribution is 2.19.